The van der Waals surface area contributed by atoms with Crippen LogP contribution in [-0.4, -0.2) is 51.7 Å². The average molecular weight is 452 g/mol. The van der Waals surface area contributed by atoms with Crippen molar-refractivity contribution in [2.24, 2.45) is 7.05 Å². The molecule has 0 saturated carbocycles. The maximum atomic E-state index is 12.9. The van der Waals surface area contributed by atoms with Crippen LogP contribution in [0.2, 0.25) is 0 Å². The third kappa shape index (κ3) is 5.04. The zero-order valence-electron chi connectivity index (χ0n) is 17.9. The van der Waals surface area contributed by atoms with Crippen LogP contribution in [0.4, 0.5) is 5.69 Å². The highest BCUT2D eigenvalue weighted by Crippen LogP contribution is 2.26. The molecule has 0 aromatic carbocycles. The van der Waals surface area contributed by atoms with E-state index in [4.69, 9.17) is 0 Å². The molecule has 0 bridgehead atoms. The third-order valence-electron chi connectivity index (χ3n) is 5.34. The van der Waals surface area contributed by atoms with Gasteiger partial charge in [-0.2, -0.15) is 9.40 Å². The van der Waals surface area contributed by atoms with Gasteiger partial charge in [0.25, 0.3) is 0 Å². The minimum Gasteiger partial charge on any atom is -0.322 e. The van der Waals surface area contributed by atoms with E-state index in [2.05, 4.69) is 15.4 Å². The first-order chi connectivity index (χ1) is 14.2. The van der Waals surface area contributed by atoms with E-state index >= 15 is 0 Å². The van der Waals surface area contributed by atoms with Gasteiger partial charge in [0.1, 0.15) is 4.90 Å². The van der Waals surface area contributed by atoms with Crippen LogP contribution in [-0.2, 0) is 21.9 Å². The summed E-state index contributed by atoms with van der Waals surface area (Å²) in [7, 11) is -1.69. The van der Waals surface area contributed by atoms with Gasteiger partial charge in [0.15, 0.2) is 0 Å². The van der Waals surface area contributed by atoms with Gasteiger partial charge in [0.2, 0.25) is 15.9 Å². The lowest BCUT2D eigenvalue weighted by Crippen LogP contribution is -2.32. The zero-order valence-corrected chi connectivity index (χ0v) is 19.5. The van der Waals surface area contributed by atoms with Gasteiger partial charge in [-0.3, -0.25) is 9.48 Å². The standard InChI is InChI=1S/C20H29N5O3S2/c1-14-19(15(2)24(4)23-14)22-20(26)16(3)29-18-10-9-17(13-21-18)30(27,28)25-11-7-5-6-8-12-25/h9-10,13,16H,5-8,11-12H2,1-4H3,(H,22,26). The Labute approximate surface area is 182 Å². The number of nitrogens with one attached hydrogen (secondary N) is 1. The number of hydrogen-bond donors (Lipinski definition) is 1. The second-order valence-electron chi connectivity index (χ2n) is 7.57. The molecule has 30 heavy (non-hydrogen) atoms. The number of aromatic nitrogens is 3. The van der Waals surface area contributed by atoms with Crippen LogP contribution in [0, 0.1) is 13.8 Å². The third-order valence-corrected chi connectivity index (χ3v) is 8.27. The molecule has 1 saturated heterocycles. The van der Waals surface area contributed by atoms with Gasteiger partial charge in [0.05, 0.1) is 27.4 Å². The Morgan fingerprint density at radius 1 is 1.17 bits per heavy atom. The Morgan fingerprint density at radius 3 is 2.37 bits per heavy atom. The zero-order chi connectivity index (χ0) is 21.9. The number of thioether (sulfide) groups is 1. The smallest absolute Gasteiger partial charge is 0.244 e. The second kappa shape index (κ2) is 9.49. The minimum absolute atomic E-state index is 0.151. The number of hydrogen-bond acceptors (Lipinski definition) is 6. The van der Waals surface area contributed by atoms with Crippen molar-refractivity contribution in [1.29, 1.82) is 0 Å². The van der Waals surface area contributed by atoms with Crippen molar-refractivity contribution in [1.82, 2.24) is 19.1 Å². The number of pyridine rings is 1. The molecule has 1 amide bonds. The molecule has 8 nitrogen and oxygen atoms in total. The molecule has 10 heteroatoms. The number of anilines is 1. The molecule has 2 aromatic rings. The average Bonchev–Trinajstić information content (AvgIpc) is 2.92. The van der Waals surface area contributed by atoms with Gasteiger partial charge < -0.3 is 5.32 Å². The monoisotopic (exact) mass is 451 g/mol. The SMILES string of the molecule is Cc1nn(C)c(C)c1NC(=O)C(C)Sc1ccc(S(=O)(=O)N2CCCCCC2)cn1. The number of carbonyl (C=O) groups excluding carboxylic acids is 1. The summed E-state index contributed by atoms with van der Waals surface area (Å²) in [5, 5.41) is 7.44. The lowest BCUT2D eigenvalue weighted by atomic mass is 10.2. The summed E-state index contributed by atoms with van der Waals surface area (Å²) in [6.07, 6.45) is 5.31. The fourth-order valence-corrected chi connectivity index (χ4v) is 5.69. The van der Waals surface area contributed by atoms with Crippen molar-refractivity contribution in [3.63, 3.8) is 0 Å². The molecule has 2 aromatic heterocycles. The first kappa shape index (κ1) is 22.8. The number of rotatable bonds is 6. The van der Waals surface area contributed by atoms with E-state index in [1.165, 1.54) is 18.0 Å². The predicted molar refractivity (Wildman–Crippen MR) is 118 cm³/mol. The summed E-state index contributed by atoms with van der Waals surface area (Å²) in [5.74, 6) is -0.151. The molecule has 164 valence electrons. The van der Waals surface area contributed by atoms with Crippen LogP contribution >= 0.6 is 11.8 Å². The lowest BCUT2D eigenvalue weighted by Gasteiger charge is -2.19. The highest BCUT2D eigenvalue weighted by Gasteiger charge is 2.26. The van der Waals surface area contributed by atoms with Gasteiger partial charge in [-0.15, -0.1) is 0 Å². The maximum absolute atomic E-state index is 12.9. The normalized spacial score (nSPS) is 16.8. The van der Waals surface area contributed by atoms with Crippen LogP contribution in [0.25, 0.3) is 0 Å². The summed E-state index contributed by atoms with van der Waals surface area (Å²) >= 11 is 1.29. The van der Waals surface area contributed by atoms with Gasteiger partial charge in [-0.25, -0.2) is 13.4 Å². The lowest BCUT2D eigenvalue weighted by molar-refractivity contribution is -0.115. The molecule has 1 aliphatic rings. The molecule has 0 aliphatic carbocycles. The molecule has 0 spiro atoms. The Morgan fingerprint density at radius 2 is 1.83 bits per heavy atom. The fraction of sp³-hybridized carbons (Fsp3) is 0.550. The molecule has 0 radical (unpaired) electrons. The van der Waals surface area contributed by atoms with E-state index < -0.39 is 15.3 Å². The topological polar surface area (TPSA) is 97.2 Å². The van der Waals surface area contributed by atoms with Crippen molar-refractivity contribution in [2.45, 2.75) is 61.6 Å². The van der Waals surface area contributed by atoms with Crippen molar-refractivity contribution in [3.8, 4) is 0 Å². The number of nitrogens with zero attached hydrogens (tertiary/aromatic N) is 4. The Bertz CT molecular complexity index is 994. The molecule has 1 atom stereocenters. The fourth-order valence-electron chi connectivity index (χ4n) is 3.43. The molecule has 1 unspecified atom stereocenters. The maximum Gasteiger partial charge on any atom is 0.244 e. The van der Waals surface area contributed by atoms with Crippen molar-refractivity contribution >= 4 is 33.4 Å². The van der Waals surface area contributed by atoms with Gasteiger partial charge in [-0.1, -0.05) is 24.6 Å². The van der Waals surface area contributed by atoms with Gasteiger partial charge in [0, 0.05) is 26.3 Å². The summed E-state index contributed by atoms with van der Waals surface area (Å²) in [6.45, 7) is 6.67. The van der Waals surface area contributed by atoms with E-state index in [1.54, 1.807) is 28.0 Å². The molecular weight excluding hydrogens is 422 g/mol. The highest BCUT2D eigenvalue weighted by molar-refractivity contribution is 8.00. The van der Waals surface area contributed by atoms with Crippen LogP contribution in [0.5, 0.6) is 0 Å². The number of aryl methyl sites for hydroxylation is 2. The number of sulfonamides is 1. The highest BCUT2D eigenvalue weighted by atomic mass is 32.2. The molecule has 3 heterocycles. The largest absolute Gasteiger partial charge is 0.322 e. The first-order valence-electron chi connectivity index (χ1n) is 10.1. The van der Waals surface area contributed by atoms with Gasteiger partial charge >= 0.3 is 0 Å². The predicted octanol–water partition coefficient (Wildman–Crippen LogP) is 3.12. The minimum atomic E-state index is -3.52. The Hall–Kier alpha value is -1.91. The van der Waals surface area contributed by atoms with Crippen LogP contribution in [0.1, 0.15) is 44.0 Å². The molecule has 1 fully saturated rings. The van der Waals surface area contributed by atoms with E-state index in [0.29, 0.717) is 18.1 Å². The summed E-state index contributed by atoms with van der Waals surface area (Å²) in [4.78, 5) is 17.1. The molecular formula is C20H29N5O3S2. The quantitative estimate of drug-likeness (QED) is 0.678. The summed E-state index contributed by atoms with van der Waals surface area (Å²) in [6, 6.07) is 3.25. The molecule has 1 N–H and O–H groups in total. The molecule has 3 rings (SSSR count). The second-order valence-corrected chi connectivity index (χ2v) is 10.9. The molecule has 1 aliphatic heterocycles. The van der Waals surface area contributed by atoms with E-state index in [-0.39, 0.29) is 10.8 Å². The number of amides is 1. The van der Waals surface area contributed by atoms with Crippen molar-refractivity contribution in [3.05, 3.63) is 29.7 Å². The summed E-state index contributed by atoms with van der Waals surface area (Å²) in [5.41, 5.74) is 2.38. The van der Waals surface area contributed by atoms with E-state index in [1.807, 2.05) is 20.9 Å². The van der Waals surface area contributed by atoms with Crippen LogP contribution < -0.4 is 5.32 Å². The first-order valence-corrected chi connectivity index (χ1v) is 12.5. The van der Waals surface area contributed by atoms with Crippen LogP contribution in [0.3, 0.4) is 0 Å². The van der Waals surface area contributed by atoms with Crippen molar-refractivity contribution in [2.75, 3.05) is 18.4 Å². The van der Waals surface area contributed by atoms with Gasteiger partial charge in [-0.05, 0) is 45.7 Å². The van der Waals surface area contributed by atoms with Crippen LogP contribution in [0.15, 0.2) is 28.3 Å². The number of carbonyl (C=O) groups is 1. The summed E-state index contributed by atoms with van der Waals surface area (Å²) < 4.78 is 29.0. The van der Waals surface area contributed by atoms with E-state index in [0.717, 1.165) is 42.8 Å². The van der Waals surface area contributed by atoms with Crippen molar-refractivity contribution < 1.29 is 13.2 Å². The Balaban J connectivity index is 1.65. The Kier molecular flexibility index (Phi) is 7.20. The van der Waals surface area contributed by atoms with E-state index in [9.17, 15) is 13.2 Å².